The van der Waals surface area contributed by atoms with E-state index >= 15 is 0 Å². The maximum atomic E-state index is 12.4. The van der Waals surface area contributed by atoms with E-state index in [1.54, 1.807) is 7.05 Å². The van der Waals surface area contributed by atoms with E-state index in [2.05, 4.69) is 10.3 Å². The Kier molecular flexibility index (Phi) is 6.42. The molecule has 0 spiro atoms. The Morgan fingerprint density at radius 1 is 1.48 bits per heavy atom. The Morgan fingerprint density at radius 2 is 2.10 bits per heavy atom. The average molecular weight is 344 g/mol. The van der Waals surface area contributed by atoms with Crippen LogP contribution in [0, 0.1) is 5.92 Å². The van der Waals surface area contributed by atoms with Crippen molar-refractivity contribution in [3.8, 4) is 0 Å². The molecule has 2 rings (SSSR count). The largest absolute Gasteiger partial charge is 0.434 e. The highest BCUT2D eigenvalue weighted by atomic mass is 35.5. The van der Waals surface area contributed by atoms with Crippen LogP contribution in [0.2, 0.25) is 0 Å². The second-order valence-corrected chi connectivity index (χ2v) is 5.79. The van der Waals surface area contributed by atoms with Crippen LogP contribution in [0.1, 0.15) is 23.5 Å². The summed E-state index contributed by atoms with van der Waals surface area (Å²) in [6.45, 7) is 1.74. The highest BCUT2D eigenvalue weighted by Gasteiger charge is 2.34. The zero-order chi connectivity index (χ0) is 14.8. The lowest BCUT2D eigenvalue weighted by atomic mass is 9.97. The van der Waals surface area contributed by atoms with Crippen LogP contribution >= 0.6 is 23.7 Å². The van der Waals surface area contributed by atoms with Gasteiger partial charge in [0.25, 0.3) is 0 Å². The van der Waals surface area contributed by atoms with E-state index in [1.807, 2.05) is 0 Å². The fraction of sp³-hybridized carbons (Fsp3) is 0.667. The zero-order valence-corrected chi connectivity index (χ0v) is 13.1. The Balaban J connectivity index is 0.00000220. The van der Waals surface area contributed by atoms with Gasteiger partial charge in [0.1, 0.15) is 5.01 Å². The van der Waals surface area contributed by atoms with Crippen LogP contribution < -0.4 is 5.32 Å². The Hall–Kier alpha value is -0.860. The molecule has 1 aromatic rings. The highest BCUT2D eigenvalue weighted by molar-refractivity contribution is 7.09. The number of carbonyl (C=O) groups is 1. The van der Waals surface area contributed by atoms with E-state index in [9.17, 15) is 18.0 Å². The molecule has 1 aromatic heterocycles. The number of alkyl halides is 3. The number of piperidine rings is 1. The Morgan fingerprint density at radius 3 is 2.62 bits per heavy atom. The minimum atomic E-state index is -4.42. The van der Waals surface area contributed by atoms with Crippen molar-refractivity contribution in [3.05, 3.63) is 16.1 Å². The molecule has 120 valence electrons. The monoisotopic (exact) mass is 343 g/mol. The molecule has 2 heterocycles. The van der Waals surface area contributed by atoms with Crippen LogP contribution in [0.5, 0.6) is 0 Å². The SMILES string of the molecule is CN(Cc1nc(C(F)(F)F)cs1)C(=O)C1CCNCC1.Cl. The molecule has 4 nitrogen and oxygen atoms in total. The van der Waals surface area contributed by atoms with Crippen molar-refractivity contribution in [1.82, 2.24) is 15.2 Å². The number of thiazole rings is 1. The van der Waals surface area contributed by atoms with Gasteiger partial charge in [0.05, 0.1) is 6.54 Å². The van der Waals surface area contributed by atoms with Crippen molar-refractivity contribution in [2.75, 3.05) is 20.1 Å². The molecule has 1 N–H and O–H groups in total. The molecule has 1 amide bonds. The molecule has 9 heteroatoms. The number of halogens is 4. The molecular weight excluding hydrogens is 327 g/mol. The van der Waals surface area contributed by atoms with Crippen LogP contribution in [-0.4, -0.2) is 35.9 Å². The van der Waals surface area contributed by atoms with Crippen molar-refractivity contribution < 1.29 is 18.0 Å². The summed E-state index contributed by atoms with van der Waals surface area (Å²) in [4.78, 5) is 17.2. The van der Waals surface area contributed by atoms with Crippen LogP contribution in [-0.2, 0) is 17.5 Å². The van der Waals surface area contributed by atoms with E-state index in [4.69, 9.17) is 0 Å². The van der Waals surface area contributed by atoms with Gasteiger partial charge in [-0.1, -0.05) is 0 Å². The highest BCUT2D eigenvalue weighted by Crippen LogP contribution is 2.30. The summed E-state index contributed by atoms with van der Waals surface area (Å²) in [5.74, 6) is -0.0569. The first-order valence-corrected chi connectivity index (χ1v) is 7.23. The Labute approximate surface area is 131 Å². The van der Waals surface area contributed by atoms with Crippen LogP contribution in [0.25, 0.3) is 0 Å². The molecule has 0 radical (unpaired) electrons. The van der Waals surface area contributed by atoms with E-state index in [0.717, 1.165) is 42.6 Å². The zero-order valence-electron chi connectivity index (χ0n) is 11.4. The molecule has 1 aliphatic heterocycles. The first-order valence-electron chi connectivity index (χ1n) is 6.35. The molecular formula is C12H17ClF3N3OS. The summed E-state index contributed by atoms with van der Waals surface area (Å²) in [6.07, 6.45) is -2.88. The molecule has 0 unspecified atom stereocenters. The second kappa shape index (κ2) is 7.42. The fourth-order valence-electron chi connectivity index (χ4n) is 2.18. The lowest BCUT2D eigenvalue weighted by molar-refractivity contribution is -0.140. The quantitative estimate of drug-likeness (QED) is 0.917. The van der Waals surface area contributed by atoms with Gasteiger partial charge in [-0.3, -0.25) is 4.79 Å². The maximum absolute atomic E-state index is 12.4. The van der Waals surface area contributed by atoms with Crippen molar-refractivity contribution in [3.63, 3.8) is 0 Å². The standard InChI is InChI=1S/C12H16F3N3OS.ClH/c1-18(11(19)8-2-4-16-5-3-8)6-10-17-9(7-20-10)12(13,14)15;/h7-8,16H,2-6H2,1H3;1H. The second-order valence-electron chi connectivity index (χ2n) is 4.84. The molecule has 0 saturated carbocycles. The van der Waals surface area contributed by atoms with Gasteiger partial charge in [0, 0.05) is 18.3 Å². The molecule has 21 heavy (non-hydrogen) atoms. The minimum absolute atomic E-state index is 0. The number of amides is 1. The molecule has 1 saturated heterocycles. The summed E-state index contributed by atoms with van der Waals surface area (Å²) >= 11 is 0.931. The van der Waals surface area contributed by atoms with Crippen LogP contribution in [0.3, 0.4) is 0 Å². The van der Waals surface area contributed by atoms with Gasteiger partial charge in [0.15, 0.2) is 5.69 Å². The van der Waals surface area contributed by atoms with Crippen molar-refractivity contribution >= 4 is 29.7 Å². The topological polar surface area (TPSA) is 45.2 Å². The molecule has 1 aliphatic rings. The van der Waals surface area contributed by atoms with Gasteiger partial charge < -0.3 is 10.2 Å². The van der Waals surface area contributed by atoms with Gasteiger partial charge >= 0.3 is 6.18 Å². The Bertz CT molecular complexity index is 475. The van der Waals surface area contributed by atoms with Crippen LogP contribution in [0.15, 0.2) is 5.38 Å². The number of nitrogens with one attached hydrogen (secondary N) is 1. The third kappa shape index (κ3) is 4.82. The number of carbonyl (C=O) groups excluding carboxylic acids is 1. The summed E-state index contributed by atoms with van der Waals surface area (Å²) in [7, 11) is 1.61. The number of hydrogen-bond acceptors (Lipinski definition) is 4. The fourth-order valence-corrected chi connectivity index (χ4v) is 3.03. The first-order chi connectivity index (χ1) is 9.38. The van der Waals surface area contributed by atoms with Gasteiger partial charge in [-0.15, -0.1) is 23.7 Å². The normalized spacial score (nSPS) is 16.4. The molecule has 0 bridgehead atoms. The van der Waals surface area contributed by atoms with Gasteiger partial charge in [-0.2, -0.15) is 13.2 Å². The minimum Gasteiger partial charge on any atom is -0.339 e. The van der Waals surface area contributed by atoms with Gasteiger partial charge in [-0.25, -0.2) is 4.98 Å². The van der Waals surface area contributed by atoms with E-state index in [1.165, 1.54) is 4.90 Å². The summed E-state index contributed by atoms with van der Waals surface area (Å²) in [5, 5.41) is 4.46. The molecule has 1 fully saturated rings. The average Bonchev–Trinajstić information content (AvgIpc) is 2.87. The third-order valence-corrected chi connectivity index (χ3v) is 4.11. The summed E-state index contributed by atoms with van der Waals surface area (Å²) in [6, 6.07) is 0. The molecule has 0 aliphatic carbocycles. The lowest BCUT2D eigenvalue weighted by Gasteiger charge is -2.26. The van der Waals surface area contributed by atoms with Crippen molar-refractivity contribution in [2.24, 2.45) is 5.92 Å². The predicted octanol–water partition coefficient (Wildman–Crippen LogP) is 2.54. The first kappa shape index (κ1) is 18.2. The van der Waals surface area contributed by atoms with Gasteiger partial charge in [-0.05, 0) is 25.9 Å². The molecule has 0 atom stereocenters. The predicted molar refractivity (Wildman–Crippen MR) is 76.4 cm³/mol. The third-order valence-electron chi connectivity index (χ3n) is 3.28. The maximum Gasteiger partial charge on any atom is 0.434 e. The van der Waals surface area contributed by atoms with Gasteiger partial charge in [0.2, 0.25) is 5.91 Å². The van der Waals surface area contributed by atoms with E-state index in [-0.39, 0.29) is 30.8 Å². The summed E-state index contributed by atoms with van der Waals surface area (Å²) < 4.78 is 37.3. The lowest BCUT2D eigenvalue weighted by Crippen LogP contribution is -2.38. The van der Waals surface area contributed by atoms with E-state index in [0.29, 0.717) is 5.01 Å². The number of hydrogen-bond donors (Lipinski definition) is 1. The number of nitrogens with zero attached hydrogens (tertiary/aromatic N) is 2. The number of aromatic nitrogens is 1. The van der Waals surface area contributed by atoms with E-state index < -0.39 is 11.9 Å². The number of rotatable bonds is 3. The smallest absolute Gasteiger partial charge is 0.339 e. The van der Waals surface area contributed by atoms with Crippen molar-refractivity contribution in [1.29, 1.82) is 0 Å². The molecule has 0 aromatic carbocycles. The van der Waals surface area contributed by atoms with Crippen LogP contribution in [0.4, 0.5) is 13.2 Å². The summed E-state index contributed by atoms with van der Waals surface area (Å²) in [5.41, 5.74) is -0.889. The van der Waals surface area contributed by atoms with Crippen molar-refractivity contribution in [2.45, 2.75) is 25.6 Å².